The highest BCUT2D eigenvalue weighted by Crippen LogP contribution is 2.28. The molecule has 1 saturated heterocycles. The van der Waals surface area contributed by atoms with E-state index in [1.54, 1.807) is 4.90 Å². The molecule has 0 aromatic heterocycles. The number of nitrogens with zero attached hydrogens (tertiary/aromatic N) is 2. The Morgan fingerprint density at radius 3 is 2.04 bits per heavy atom. The summed E-state index contributed by atoms with van der Waals surface area (Å²) in [6.45, 7) is 7.83. The molecule has 0 bridgehead atoms. The fourth-order valence-electron chi connectivity index (χ4n) is 3.20. The van der Waals surface area contributed by atoms with Gasteiger partial charge in [0.15, 0.2) is 0 Å². The number of aliphatic hydroxyl groups is 1. The predicted octanol–water partition coefficient (Wildman–Crippen LogP) is 1.87. The molecule has 0 saturated carbocycles. The minimum Gasteiger partial charge on any atom is -0.384 e. The van der Waals surface area contributed by atoms with E-state index in [1.165, 1.54) is 12.5 Å². The number of hydrogen-bond acceptors (Lipinski definition) is 3. The normalized spacial score (nSPS) is 17.7. The van der Waals surface area contributed by atoms with Crippen LogP contribution in [0.5, 0.6) is 0 Å². The maximum atomic E-state index is 12.7. The average molecular weight is 332 g/mol. The Kier molecular flexibility index (Phi) is 6.37. The molecule has 1 aliphatic heterocycles. The molecule has 1 aliphatic rings. The lowest BCUT2D eigenvalue weighted by atomic mass is 9.85. The van der Waals surface area contributed by atoms with E-state index in [4.69, 9.17) is 0 Å². The van der Waals surface area contributed by atoms with Gasteiger partial charge < -0.3 is 14.9 Å². The van der Waals surface area contributed by atoms with E-state index in [-0.39, 0.29) is 17.7 Å². The lowest BCUT2D eigenvalue weighted by molar-refractivity contribution is -0.144. The minimum absolute atomic E-state index is 0.140. The number of piperazine rings is 1. The Hall–Kier alpha value is -1.88. The first-order chi connectivity index (χ1) is 11.4. The topological polar surface area (TPSA) is 60.9 Å². The second kappa shape index (κ2) is 8.29. The van der Waals surface area contributed by atoms with Gasteiger partial charge in [-0.25, -0.2) is 0 Å². The summed E-state index contributed by atoms with van der Waals surface area (Å²) in [6, 6.07) is 10.2. The fraction of sp³-hybridized carbons (Fsp3) is 0.579. The van der Waals surface area contributed by atoms with Gasteiger partial charge in [-0.05, 0) is 24.3 Å². The Bertz CT molecular complexity index is 549. The van der Waals surface area contributed by atoms with Gasteiger partial charge >= 0.3 is 0 Å². The molecule has 2 rings (SSSR count). The zero-order valence-corrected chi connectivity index (χ0v) is 14.8. The second-order valence-corrected chi connectivity index (χ2v) is 6.85. The van der Waals surface area contributed by atoms with Crippen molar-refractivity contribution in [2.24, 2.45) is 5.92 Å². The van der Waals surface area contributed by atoms with E-state index < -0.39 is 6.10 Å². The first-order valence-corrected chi connectivity index (χ1v) is 8.69. The van der Waals surface area contributed by atoms with Crippen molar-refractivity contribution in [2.45, 2.75) is 39.2 Å². The van der Waals surface area contributed by atoms with Crippen LogP contribution >= 0.6 is 0 Å². The number of amides is 2. The lowest BCUT2D eigenvalue weighted by Gasteiger charge is -2.36. The van der Waals surface area contributed by atoms with E-state index in [9.17, 15) is 14.7 Å². The van der Waals surface area contributed by atoms with Crippen LogP contribution in [0.3, 0.4) is 0 Å². The molecule has 5 heteroatoms. The quantitative estimate of drug-likeness (QED) is 0.895. The molecule has 132 valence electrons. The van der Waals surface area contributed by atoms with Gasteiger partial charge in [0, 0.05) is 32.6 Å². The van der Waals surface area contributed by atoms with Gasteiger partial charge in [0.25, 0.3) is 5.91 Å². The van der Waals surface area contributed by atoms with E-state index >= 15 is 0 Å². The summed E-state index contributed by atoms with van der Waals surface area (Å²) in [5.41, 5.74) is 1.20. The Morgan fingerprint density at radius 1 is 1.00 bits per heavy atom. The van der Waals surface area contributed by atoms with Crippen LogP contribution in [0, 0.1) is 5.92 Å². The summed E-state index contributed by atoms with van der Waals surface area (Å²) in [6.07, 6.45) is -0.484. The predicted molar refractivity (Wildman–Crippen MR) is 93.5 cm³/mol. The monoisotopic (exact) mass is 332 g/mol. The van der Waals surface area contributed by atoms with E-state index in [2.05, 4.69) is 26.0 Å². The molecule has 0 aliphatic carbocycles. The SMILES string of the molecule is CC(O)C(=O)N1CCN(C(=O)CC(c2ccccc2)C(C)C)CC1. The molecule has 1 heterocycles. The zero-order chi connectivity index (χ0) is 17.7. The smallest absolute Gasteiger partial charge is 0.251 e. The van der Waals surface area contributed by atoms with Crippen LogP contribution in [-0.4, -0.2) is 59.0 Å². The Morgan fingerprint density at radius 2 is 1.54 bits per heavy atom. The molecule has 0 spiro atoms. The highest BCUT2D eigenvalue weighted by Gasteiger charge is 2.28. The van der Waals surface area contributed by atoms with Crippen LogP contribution in [0.1, 0.15) is 38.7 Å². The highest BCUT2D eigenvalue weighted by atomic mass is 16.3. The van der Waals surface area contributed by atoms with Crippen LogP contribution in [0.15, 0.2) is 30.3 Å². The number of carbonyl (C=O) groups excluding carboxylic acids is 2. The van der Waals surface area contributed by atoms with E-state index in [1.807, 2.05) is 23.1 Å². The van der Waals surface area contributed by atoms with Crippen molar-refractivity contribution in [3.05, 3.63) is 35.9 Å². The van der Waals surface area contributed by atoms with E-state index in [0.29, 0.717) is 38.5 Å². The molecule has 2 unspecified atom stereocenters. The number of aliphatic hydroxyl groups excluding tert-OH is 1. The van der Waals surface area contributed by atoms with Crippen molar-refractivity contribution in [1.82, 2.24) is 9.80 Å². The molecule has 2 atom stereocenters. The molecule has 24 heavy (non-hydrogen) atoms. The third-order valence-corrected chi connectivity index (χ3v) is 4.73. The largest absolute Gasteiger partial charge is 0.384 e. The van der Waals surface area contributed by atoms with Gasteiger partial charge in [-0.15, -0.1) is 0 Å². The Balaban J connectivity index is 1.94. The zero-order valence-electron chi connectivity index (χ0n) is 14.8. The second-order valence-electron chi connectivity index (χ2n) is 6.85. The molecular weight excluding hydrogens is 304 g/mol. The number of benzene rings is 1. The average Bonchev–Trinajstić information content (AvgIpc) is 2.59. The van der Waals surface area contributed by atoms with Gasteiger partial charge in [-0.1, -0.05) is 44.2 Å². The summed E-state index contributed by atoms with van der Waals surface area (Å²) in [7, 11) is 0. The highest BCUT2D eigenvalue weighted by molar-refractivity contribution is 5.81. The molecule has 1 aromatic carbocycles. The third-order valence-electron chi connectivity index (χ3n) is 4.73. The molecule has 1 aromatic rings. The van der Waals surface area contributed by atoms with Crippen molar-refractivity contribution in [1.29, 1.82) is 0 Å². The molecule has 2 amide bonds. The summed E-state index contributed by atoms with van der Waals surface area (Å²) in [4.78, 5) is 27.9. The fourth-order valence-corrected chi connectivity index (χ4v) is 3.20. The molecule has 1 N–H and O–H groups in total. The van der Waals surface area contributed by atoms with Crippen molar-refractivity contribution in [3.63, 3.8) is 0 Å². The van der Waals surface area contributed by atoms with Crippen LogP contribution in [0.4, 0.5) is 0 Å². The molecule has 0 radical (unpaired) electrons. The van der Waals surface area contributed by atoms with Crippen LogP contribution in [0.2, 0.25) is 0 Å². The summed E-state index contributed by atoms with van der Waals surface area (Å²) in [5, 5.41) is 9.38. The Labute approximate surface area is 144 Å². The first-order valence-electron chi connectivity index (χ1n) is 8.69. The minimum atomic E-state index is -0.976. The number of rotatable bonds is 5. The van der Waals surface area contributed by atoms with Crippen molar-refractivity contribution in [3.8, 4) is 0 Å². The number of carbonyl (C=O) groups is 2. The summed E-state index contributed by atoms with van der Waals surface area (Å²) < 4.78 is 0. The van der Waals surface area contributed by atoms with Gasteiger partial charge in [0.2, 0.25) is 5.91 Å². The van der Waals surface area contributed by atoms with Gasteiger partial charge in [0.05, 0.1) is 0 Å². The van der Waals surface area contributed by atoms with Gasteiger partial charge in [0.1, 0.15) is 6.10 Å². The van der Waals surface area contributed by atoms with Crippen molar-refractivity contribution < 1.29 is 14.7 Å². The van der Waals surface area contributed by atoms with Crippen LogP contribution < -0.4 is 0 Å². The maximum Gasteiger partial charge on any atom is 0.251 e. The van der Waals surface area contributed by atoms with Gasteiger partial charge in [-0.3, -0.25) is 9.59 Å². The lowest BCUT2D eigenvalue weighted by Crippen LogP contribution is -2.52. The van der Waals surface area contributed by atoms with Crippen molar-refractivity contribution >= 4 is 11.8 Å². The standard InChI is InChI=1S/C19H28N2O3/c1-14(2)17(16-7-5-4-6-8-16)13-18(23)20-9-11-21(12-10-20)19(24)15(3)22/h4-8,14-15,17,22H,9-13H2,1-3H3. The molecule has 5 nitrogen and oxygen atoms in total. The van der Waals surface area contributed by atoms with Crippen LogP contribution in [0.25, 0.3) is 0 Å². The van der Waals surface area contributed by atoms with Gasteiger partial charge in [-0.2, -0.15) is 0 Å². The maximum absolute atomic E-state index is 12.7. The van der Waals surface area contributed by atoms with Crippen molar-refractivity contribution in [2.75, 3.05) is 26.2 Å². The number of hydrogen-bond donors (Lipinski definition) is 1. The summed E-state index contributed by atoms with van der Waals surface area (Å²) in [5.74, 6) is 0.471. The van der Waals surface area contributed by atoms with E-state index in [0.717, 1.165) is 0 Å². The third kappa shape index (κ3) is 4.57. The molecular formula is C19H28N2O3. The first kappa shape index (κ1) is 18.5. The molecule has 1 fully saturated rings. The summed E-state index contributed by atoms with van der Waals surface area (Å²) >= 11 is 0. The van der Waals surface area contributed by atoms with Crippen LogP contribution in [-0.2, 0) is 9.59 Å².